The summed E-state index contributed by atoms with van der Waals surface area (Å²) in [5.41, 5.74) is 2.12. The van der Waals surface area contributed by atoms with Crippen molar-refractivity contribution in [2.75, 3.05) is 20.3 Å². The lowest BCUT2D eigenvalue weighted by Crippen LogP contribution is -2.67. The molecule has 10 nitrogen and oxygen atoms in total. The van der Waals surface area contributed by atoms with Crippen LogP contribution < -0.4 is 4.74 Å². The number of aliphatic hydroxyl groups excluding tert-OH is 1. The van der Waals surface area contributed by atoms with Gasteiger partial charge in [0.15, 0.2) is 6.10 Å². The summed E-state index contributed by atoms with van der Waals surface area (Å²) in [4.78, 5) is 25.8. The molecule has 250 valence electrons. The molecule has 0 aromatic heterocycles. The van der Waals surface area contributed by atoms with Gasteiger partial charge in [-0.15, -0.1) is 13.2 Å². The van der Waals surface area contributed by atoms with Gasteiger partial charge in [0.05, 0.1) is 33.5 Å². The number of hydrogen-bond acceptors (Lipinski definition) is 10. The molecule has 3 aromatic rings. The van der Waals surface area contributed by atoms with Crippen LogP contribution in [0.1, 0.15) is 29.7 Å². The second-order valence-electron chi connectivity index (χ2n) is 10.9. The van der Waals surface area contributed by atoms with E-state index in [4.69, 9.17) is 33.2 Å². The molecular formula is C37H42O10. The predicted molar refractivity (Wildman–Crippen MR) is 173 cm³/mol. The van der Waals surface area contributed by atoms with Gasteiger partial charge in [-0.2, -0.15) is 0 Å². The SMILES string of the molecule is C=CCO[C@@H]1[C@@H](OCc2ccccc2)[C@H](OCc2ccc(OC)cc2)[C@@H](OCC=C)[C@@H](O)[C@H]1OC(=O)[C@@H](OC(C)=O)c1ccccc1. The highest BCUT2D eigenvalue weighted by atomic mass is 16.6. The van der Waals surface area contributed by atoms with E-state index in [1.54, 1.807) is 49.6 Å². The first-order chi connectivity index (χ1) is 22.9. The fourth-order valence-corrected chi connectivity index (χ4v) is 5.32. The van der Waals surface area contributed by atoms with Crippen LogP contribution in [0.2, 0.25) is 0 Å². The standard InChI is InChI=1S/C37H42O10/c1-5-21-42-32-30(39)33(47-37(40)31(46-25(3)38)28-15-11-8-12-16-28)35(43-22-6-2)36(45-23-26-13-9-7-10-14-26)34(32)44-24-27-17-19-29(41-4)20-18-27/h5-20,30-36,39H,1-2,21-24H2,3-4H3/t30-,31+,32+,33-,34-,35+,36+/m1/s1. The van der Waals surface area contributed by atoms with Crippen LogP contribution in [0.4, 0.5) is 0 Å². The Kier molecular flexibility index (Phi) is 13.7. The summed E-state index contributed by atoms with van der Waals surface area (Å²) in [7, 11) is 1.59. The molecule has 0 heterocycles. The highest BCUT2D eigenvalue weighted by Crippen LogP contribution is 2.35. The number of benzene rings is 3. The number of carbonyl (C=O) groups is 2. The molecule has 47 heavy (non-hydrogen) atoms. The van der Waals surface area contributed by atoms with Crippen LogP contribution in [-0.4, -0.2) is 74.0 Å². The number of methoxy groups -OCH3 is 1. The van der Waals surface area contributed by atoms with Gasteiger partial charge in [-0.1, -0.05) is 84.9 Å². The minimum atomic E-state index is -1.44. The molecule has 0 bridgehead atoms. The lowest BCUT2D eigenvalue weighted by molar-refractivity contribution is -0.272. The molecule has 4 rings (SSSR count). The van der Waals surface area contributed by atoms with Gasteiger partial charge in [0.25, 0.3) is 0 Å². The van der Waals surface area contributed by atoms with Gasteiger partial charge in [0, 0.05) is 12.5 Å². The van der Waals surface area contributed by atoms with E-state index in [2.05, 4.69) is 13.2 Å². The van der Waals surface area contributed by atoms with Crippen LogP contribution in [-0.2, 0) is 51.2 Å². The second-order valence-corrected chi connectivity index (χ2v) is 10.9. The van der Waals surface area contributed by atoms with Crippen molar-refractivity contribution in [2.24, 2.45) is 0 Å². The molecule has 0 unspecified atom stereocenters. The van der Waals surface area contributed by atoms with E-state index < -0.39 is 54.7 Å². The van der Waals surface area contributed by atoms with E-state index >= 15 is 0 Å². The smallest absolute Gasteiger partial charge is 0.352 e. The Hall–Kier alpha value is -4.32. The van der Waals surface area contributed by atoms with Crippen molar-refractivity contribution < 1.29 is 47.9 Å². The van der Waals surface area contributed by atoms with Gasteiger partial charge in [0.2, 0.25) is 6.10 Å². The lowest BCUT2D eigenvalue weighted by atomic mass is 9.83. The highest BCUT2D eigenvalue weighted by Gasteiger charge is 2.55. The average Bonchev–Trinajstić information content (AvgIpc) is 3.09. The first kappa shape index (κ1) is 35.5. The second kappa shape index (κ2) is 18.1. The van der Waals surface area contributed by atoms with Crippen LogP contribution in [0.3, 0.4) is 0 Å². The number of ether oxygens (including phenoxy) is 7. The summed E-state index contributed by atoms with van der Waals surface area (Å²) in [6.45, 7) is 9.12. The first-order valence-electron chi connectivity index (χ1n) is 15.3. The highest BCUT2D eigenvalue weighted by molar-refractivity contribution is 5.80. The zero-order valence-corrected chi connectivity index (χ0v) is 26.6. The maximum absolute atomic E-state index is 13.7. The van der Waals surface area contributed by atoms with E-state index in [0.717, 1.165) is 11.1 Å². The molecular weight excluding hydrogens is 604 g/mol. The van der Waals surface area contributed by atoms with Crippen LogP contribution in [0.25, 0.3) is 0 Å². The van der Waals surface area contributed by atoms with E-state index in [1.807, 2.05) is 54.6 Å². The maximum atomic E-state index is 13.7. The molecule has 7 atom stereocenters. The molecule has 10 heteroatoms. The lowest BCUT2D eigenvalue weighted by Gasteiger charge is -2.48. The van der Waals surface area contributed by atoms with Gasteiger partial charge in [-0.05, 0) is 23.3 Å². The Morgan fingerprint density at radius 3 is 1.79 bits per heavy atom. The van der Waals surface area contributed by atoms with Crippen molar-refractivity contribution in [3.05, 3.63) is 127 Å². The van der Waals surface area contributed by atoms with E-state index in [-0.39, 0.29) is 26.4 Å². The van der Waals surface area contributed by atoms with E-state index in [0.29, 0.717) is 11.3 Å². The van der Waals surface area contributed by atoms with Gasteiger partial charge < -0.3 is 38.3 Å². The molecule has 0 aliphatic heterocycles. The number of aliphatic hydroxyl groups is 1. The van der Waals surface area contributed by atoms with Crippen molar-refractivity contribution in [1.82, 2.24) is 0 Å². The van der Waals surface area contributed by atoms with E-state index in [9.17, 15) is 14.7 Å². The molecule has 1 N–H and O–H groups in total. The Balaban J connectivity index is 1.71. The van der Waals surface area contributed by atoms with Gasteiger partial charge in [-0.3, -0.25) is 4.79 Å². The fraction of sp³-hybridized carbons (Fsp3) is 0.351. The summed E-state index contributed by atoms with van der Waals surface area (Å²) in [6, 6.07) is 25.4. The monoisotopic (exact) mass is 646 g/mol. The first-order valence-corrected chi connectivity index (χ1v) is 15.3. The van der Waals surface area contributed by atoms with Crippen LogP contribution in [0.5, 0.6) is 5.75 Å². The third kappa shape index (κ3) is 9.84. The van der Waals surface area contributed by atoms with Crippen LogP contribution in [0.15, 0.2) is 110 Å². The zero-order chi connectivity index (χ0) is 33.6. The number of rotatable bonds is 17. The Morgan fingerprint density at radius 2 is 1.23 bits per heavy atom. The minimum Gasteiger partial charge on any atom is -0.497 e. The molecule has 0 radical (unpaired) electrons. The Morgan fingerprint density at radius 1 is 0.723 bits per heavy atom. The molecule has 0 spiro atoms. The van der Waals surface area contributed by atoms with Crippen LogP contribution in [0, 0.1) is 0 Å². The number of hydrogen-bond donors (Lipinski definition) is 1. The molecule has 1 aliphatic rings. The van der Waals surface area contributed by atoms with Crippen molar-refractivity contribution in [3.8, 4) is 5.75 Å². The molecule has 0 amide bonds. The largest absolute Gasteiger partial charge is 0.497 e. The van der Waals surface area contributed by atoms with Gasteiger partial charge in [-0.25, -0.2) is 4.79 Å². The summed E-state index contributed by atoms with van der Waals surface area (Å²) in [6.07, 6.45) is -4.96. The molecule has 1 fully saturated rings. The summed E-state index contributed by atoms with van der Waals surface area (Å²) >= 11 is 0. The third-order valence-electron chi connectivity index (χ3n) is 7.52. The van der Waals surface area contributed by atoms with Gasteiger partial charge in [0.1, 0.15) is 36.3 Å². The summed E-state index contributed by atoms with van der Waals surface area (Å²) < 4.78 is 41.9. The zero-order valence-electron chi connectivity index (χ0n) is 26.6. The number of esters is 2. The van der Waals surface area contributed by atoms with Crippen LogP contribution >= 0.6 is 0 Å². The summed E-state index contributed by atoms with van der Waals surface area (Å²) in [5.74, 6) is -0.879. The van der Waals surface area contributed by atoms with E-state index in [1.165, 1.54) is 6.92 Å². The van der Waals surface area contributed by atoms with Crippen molar-refractivity contribution in [2.45, 2.75) is 62.9 Å². The quantitative estimate of drug-likeness (QED) is 0.160. The Bertz CT molecular complexity index is 1410. The predicted octanol–water partition coefficient (Wildman–Crippen LogP) is 4.90. The van der Waals surface area contributed by atoms with Crippen molar-refractivity contribution in [1.29, 1.82) is 0 Å². The molecule has 3 aromatic carbocycles. The molecule has 0 saturated heterocycles. The molecule has 1 aliphatic carbocycles. The normalized spacial score (nSPS) is 22.9. The topological polar surface area (TPSA) is 119 Å². The van der Waals surface area contributed by atoms with Gasteiger partial charge >= 0.3 is 11.9 Å². The van der Waals surface area contributed by atoms with Crippen molar-refractivity contribution >= 4 is 11.9 Å². The maximum Gasteiger partial charge on any atom is 0.352 e. The van der Waals surface area contributed by atoms with Crippen molar-refractivity contribution in [3.63, 3.8) is 0 Å². The number of carbonyl (C=O) groups excluding carboxylic acids is 2. The summed E-state index contributed by atoms with van der Waals surface area (Å²) in [5, 5.41) is 11.8. The minimum absolute atomic E-state index is 0.0477. The molecule has 1 saturated carbocycles. The average molecular weight is 647 g/mol. The fourth-order valence-electron chi connectivity index (χ4n) is 5.32. The third-order valence-corrected chi connectivity index (χ3v) is 7.52. The Labute approximate surface area is 275 Å².